The van der Waals surface area contributed by atoms with E-state index < -0.39 is 18.2 Å². The number of nitrogens with one attached hydrogen (secondary N) is 1. The van der Waals surface area contributed by atoms with Crippen molar-refractivity contribution < 1.29 is 19.4 Å². The molecule has 7 nitrogen and oxygen atoms in total. The van der Waals surface area contributed by atoms with Crippen molar-refractivity contribution in [1.82, 2.24) is 10.2 Å². The Morgan fingerprint density at radius 1 is 1.50 bits per heavy atom. The van der Waals surface area contributed by atoms with Gasteiger partial charge in [0.2, 0.25) is 5.13 Å². The van der Waals surface area contributed by atoms with E-state index in [2.05, 4.69) is 15.5 Å². The van der Waals surface area contributed by atoms with E-state index in [9.17, 15) is 9.59 Å². The highest BCUT2D eigenvalue weighted by Gasteiger charge is 2.34. The van der Waals surface area contributed by atoms with Crippen molar-refractivity contribution in [3.8, 4) is 0 Å². The summed E-state index contributed by atoms with van der Waals surface area (Å²) >= 11 is 1.19. The van der Waals surface area contributed by atoms with Crippen LogP contribution in [0.3, 0.4) is 0 Å². The van der Waals surface area contributed by atoms with Crippen LogP contribution < -0.4 is 5.32 Å². The van der Waals surface area contributed by atoms with Crippen LogP contribution in [0.2, 0.25) is 0 Å². The summed E-state index contributed by atoms with van der Waals surface area (Å²) in [7, 11) is 0. The molecule has 0 saturated carbocycles. The number of rotatable bonds is 3. The summed E-state index contributed by atoms with van der Waals surface area (Å²) in [6.45, 7) is 0. The molecule has 0 spiro atoms. The van der Waals surface area contributed by atoms with Crippen molar-refractivity contribution in [2.45, 2.75) is 25.0 Å². The van der Waals surface area contributed by atoms with Gasteiger partial charge >= 0.3 is 5.97 Å². The Balaban J connectivity index is 1.90. The van der Waals surface area contributed by atoms with Gasteiger partial charge in [0.1, 0.15) is 11.6 Å². The smallest absolute Gasteiger partial charge is 0.332 e. The minimum atomic E-state index is -1.04. The van der Waals surface area contributed by atoms with E-state index in [0.717, 1.165) is 0 Å². The summed E-state index contributed by atoms with van der Waals surface area (Å²) < 4.78 is 5.08. The van der Waals surface area contributed by atoms with E-state index in [0.29, 0.717) is 18.0 Å². The molecule has 16 heavy (non-hydrogen) atoms. The molecule has 2 rings (SSSR count). The molecule has 8 heteroatoms. The number of carbonyl (C=O) groups excluding carboxylic acids is 1. The number of hydrogen-bond acceptors (Lipinski definition) is 6. The minimum Gasteiger partial charge on any atom is -0.479 e. The molecule has 86 valence electrons. The maximum atomic E-state index is 11.6. The normalized spacial score (nSPS) is 24.2. The highest BCUT2D eigenvalue weighted by molar-refractivity contribution is 7.13. The van der Waals surface area contributed by atoms with Gasteiger partial charge in [-0.15, -0.1) is 10.2 Å². The lowest BCUT2D eigenvalue weighted by atomic mass is 10.2. The third-order valence-corrected chi connectivity index (χ3v) is 2.78. The highest BCUT2D eigenvalue weighted by Crippen LogP contribution is 2.21. The van der Waals surface area contributed by atoms with Gasteiger partial charge in [-0.05, 0) is 12.8 Å². The van der Waals surface area contributed by atoms with Crippen LogP contribution in [0.25, 0.3) is 0 Å². The summed E-state index contributed by atoms with van der Waals surface area (Å²) in [5.41, 5.74) is 1.49. The largest absolute Gasteiger partial charge is 0.479 e. The average molecular weight is 243 g/mol. The molecule has 2 N–H and O–H groups in total. The first kappa shape index (κ1) is 11.0. The van der Waals surface area contributed by atoms with Crippen LogP contribution in [0, 0.1) is 0 Å². The Bertz CT molecular complexity index is 394. The van der Waals surface area contributed by atoms with E-state index in [-0.39, 0.29) is 5.91 Å². The lowest BCUT2D eigenvalue weighted by Gasteiger charge is -2.09. The molecule has 2 unspecified atom stereocenters. The first-order valence-electron chi connectivity index (χ1n) is 4.62. The number of carboxylic acid groups (broad SMARTS) is 1. The van der Waals surface area contributed by atoms with Gasteiger partial charge < -0.3 is 9.84 Å². The fourth-order valence-corrected chi connectivity index (χ4v) is 1.87. The third kappa shape index (κ3) is 2.34. The van der Waals surface area contributed by atoms with Crippen molar-refractivity contribution in [3.63, 3.8) is 0 Å². The summed E-state index contributed by atoms with van der Waals surface area (Å²) in [6, 6.07) is 0. The zero-order valence-electron chi connectivity index (χ0n) is 8.12. The molecule has 0 aromatic carbocycles. The second-order valence-corrected chi connectivity index (χ2v) is 4.10. The van der Waals surface area contributed by atoms with Crippen LogP contribution in [-0.4, -0.2) is 39.4 Å². The van der Waals surface area contributed by atoms with Gasteiger partial charge in [0, 0.05) is 0 Å². The number of hydrogen-bond donors (Lipinski definition) is 2. The number of carbonyl (C=O) groups is 2. The van der Waals surface area contributed by atoms with Gasteiger partial charge in [-0.3, -0.25) is 10.1 Å². The van der Waals surface area contributed by atoms with E-state index in [1.54, 1.807) is 0 Å². The Morgan fingerprint density at radius 2 is 2.25 bits per heavy atom. The summed E-state index contributed by atoms with van der Waals surface area (Å²) in [6.07, 6.45) is -0.847. The van der Waals surface area contributed by atoms with Gasteiger partial charge in [-0.25, -0.2) is 4.79 Å². The third-order valence-electron chi connectivity index (χ3n) is 2.18. The second-order valence-electron chi connectivity index (χ2n) is 3.26. The number of aliphatic carboxylic acids is 1. The molecule has 1 amide bonds. The summed E-state index contributed by atoms with van der Waals surface area (Å²) in [5, 5.41) is 18.8. The number of aromatic nitrogens is 2. The Morgan fingerprint density at radius 3 is 2.81 bits per heavy atom. The Kier molecular flexibility index (Phi) is 3.11. The second kappa shape index (κ2) is 4.54. The van der Waals surface area contributed by atoms with Crippen LogP contribution in [0.1, 0.15) is 12.8 Å². The SMILES string of the molecule is O=C(O)C1CCC(C(=O)Nc2nncs2)O1. The molecular formula is C8H9N3O4S. The van der Waals surface area contributed by atoms with Crippen molar-refractivity contribution in [2.75, 3.05) is 5.32 Å². The van der Waals surface area contributed by atoms with Gasteiger partial charge in [-0.2, -0.15) is 0 Å². The van der Waals surface area contributed by atoms with E-state index in [1.165, 1.54) is 16.8 Å². The number of nitrogens with zero attached hydrogens (tertiary/aromatic N) is 2. The minimum absolute atomic E-state index is 0.351. The molecule has 0 bridgehead atoms. The van der Waals surface area contributed by atoms with Crippen molar-refractivity contribution in [1.29, 1.82) is 0 Å². The molecule has 1 saturated heterocycles. The van der Waals surface area contributed by atoms with Crippen molar-refractivity contribution >= 4 is 28.3 Å². The fourth-order valence-electron chi connectivity index (χ4n) is 1.43. The monoisotopic (exact) mass is 243 g/mol. The van der Waals surface area contributed by atoms with Crippen LogP contribution in [0.5, 0.6) is 0 Å². The molecule has 2 heterocycles. The van der Waals surface area contributed by atoms with Gasteiger partial charge in [-0.1, -0.05) is 11.3 Å². The lowest BCUT2D eigenvalue weighted by Crippen LogP contribution is -2.29. The zero-order valence-corrected chi connectivity index (χ0v) is 8.94. The highest BCUT2D eigenvalue weighted by atomic mass is 32.1. The maximum Gasteiger partial charge on any atom is 0.332 e. The van der Waals surface area contributed by atoms with Crippen LogP contribution >= 0.6 is 11.3 Å². The molecule has 2 atom stereocenters. The quantitative estimate of drug-likeness (QED) is 0.781. The molecular weight excluding hydrogens is 234 g/mol. The first-order chi connectivity index (χ1) is 7.66. The molecule has 1 aromatic heterocycles. The first-order valence-corrected chi connectivity index (χ1v) is 5.50. The maximum absolute atomic E-state index is 11.6. The molecule has 1 fully saturated rings. The standard InChI is InChI=1S/C8H9N3O4S/c12-6(10-8-11-9-3-16-8)4-1-2-5(15-4)7(13)14/h3-5H,1-2H2,(H,13,14)(H,10,11,12). The number of ether oxygens (including phenoxy) is 1. The molecule has 0 aliphatic carbocycles. The van der Waals surface area contributed by atoms with Crippen LogP contribution in [0.4, 0.5) is 5.13 Å². The lowest BCUT2D eigenvalue weighted by molar-refractivity contribution is -0.150. The summed E-state index contributed by atoms with van der Waals surface area (Å²) in [5.74, 6) is -1.41. The fraction of sp³-hybridized carbons (Fsp3) is 0.500. The van der Waals surface area contributed by atoms with Crippen molar-refractivity contribution in [3.05, 3.63) is 5.51 Å². The zero-order chi connectivity index (χ0) is 11.5. The number of anilines is 1. The van der Waals surface area contributed by atoms with Gasteiger partial charge in [0.05, 0.1) is 0 Å². The van der Waals surface area contributed by atoms with Crippen LogP contribution in [0.15, 0.2) is 5.51 Å². The van der Waals surface area contributed by atoms with E-state index in [1.807, 2.05) is 0 Å². The Labute approximate surface area is 94.4 Å². The molecule has 1 aromatic rings. The van der Waals surface area contributed by atoms with Crippen LogP contribution in [-0.2, 0) is 14.3 Å². The van der Waals surface area contributed by atoms with Gasteiger partial charge in [0.15, 0.2) is 6.10 Å². The Hall–Kier alpha value is -1.54. The topological polar surface area (TPSA) is 101 Å². The predicted octanol–water partition coefficient (Wildman–Crippen LogP) is 0.109. The molecule has 1 aliphatic heterocycles. The summed E-state index contributed by atoms with van der Waals surface area (Å²) in [4.78, 5) is 22.2. The van der Waals surface area contributed by atoms with E-state index >= 15 is 0 Å². The van der Waals surface area contributed by atoms with Crippen molar-refractivity contribution in [2.24, 2.45) is 0 Å². The predicted molar refractivity (Wildman–Crippen MR) is 54.1 cm³/mol. The van der Waals surface area contributed by atoms with E-state index in [4.69, 9.17) is 9.84 Å². The number of carboxylic acids is 1. The average Bonchev–Trinajstić information content (AvgIpc) is 2.86. The molecule has 0 radical (unpaired) electrons. The van der Waals surface area contributed by atoms with Gasteiger partial charge in [0.25, 0.3) is 5.91 Å². The molecule has 1 aliphatic rings. The number of amides is 1.